The number of amides is 4. The Kier molecular flexibility index (Phi) is 5.71. The van der Waals surface area contributed by atoms with Gasteiger partial charge < -0.3 is 15.4 Å². The average molecular weight is 404 g/mol. The van der Waals surface area contributed by atoms with Crippen molar-refractivity contribution in [3.63, 3.8) is 0 Å². The number of nitrogens with one attached hydrogen (secondary N) is 2. The number of carbonyl (C=O) groups excluding carboxylic acids is 3. The van der Waals surface area contributed by atoms with Gasteiger partial charge in [-0.2, -0.15) is 0 Å². The molecular weight excluding hydrogens is 380 g/mol. The molecule has 0 aromatic heterocycles. The van der Waals surface area contributed by atoms with Gasteiger partial charge in [0.25, 0.3) is 11.6 Å². The van der Waals surface area contributed by atoms with Crippen LogP contribution in [0.15, 0.2) is 18.2 Å². The molecule has 1 heterocycles. The van der Waals surface area contributed by atoms with E-state index >= 15 is 0 Å². The van der Waals surface area contributed by atoms with E-state index in [9.17, 15) is 24.5 Å². The number of nitro benzene ring substituents is 1. The van der Waals surface area contributed by atoms with Crippen LogP contribution in [-0.4, -0.2) is 46.4 Å². The van der Waals surface area contributed by atoms with E-state index in [1.807, 2.05) is 6.92 Å². The second kappa shape index (κ2) is 8.06. The lowest BCUT2D eigenvalue weighted by Crippen LogP contribution is -2.54. The van der Waals surface area contributed by atoms with Gasteiger partial charge in [-0.15, -0.1) is 0 Å². The van der Waals surface area contributed by atoms with Crippen LogP contribution in [0.1, 0.15) is 39.5 Å². The summed E-state index contributed by atoms with van der Waals surface area (Å²) in [7, 11) is 0. The molecule has 1 aromatic rings. The van der Waals surface area contributed by atoms with Crippen molar-refractivity contribution < 1.29 is 24.0 Å². The fourth-order valence-corrected chi connectivity index (χ4v) is 4.00. The molecule has 10 heteroatoms. The lowest BCUT2D eigenvalue weighted by atomic mass is 9.73. The molecule has 1 aliphatic carbocycles. The predicted octanol–water partition coefficient (Wildman–Crippen LogP) is 2.43. The molecular formula is C19H24N4O6. The second-order valence-electron chi connectivity index (χ2n) is 7.36. The van der Waals surface area contributed by atoms with Crippen LogP contribution in [0.3, 0.4) is 0 Å². The summed E-state index contributed by atoms with van der Waals surface area (Å²) >= 11 is 0. The van der Waals surface area contributed by atoms with Crippen LogP contribution in [0.2, 0.25) is 0 Å². The highest BCUT2D eigenvalue weighted by Gasteiger charge is 2.55. The molecule has 0 radical (unpaired) electrons. The average Bonchev–Trinajstić information content (AvgIpc) is 2.90. The third kappa shape index (κ3) is 3.87. The summed E-state index contributed by atoms with van der Waals surface area (Å²) in [6.07, 6.45) is 3.19. The maximum Gasteiger partial charge on any atom is 0.325 e. The Balaban J connectivity index is 1.73. The normalized spacial score (nSPS) is 23.8. The summed E-state index contributed by atoms with van der Waals surface area (Å²) < 4.78 is 5.24. The number of benzene rings is 1. The van der Waals surface area contributed by atoms with E-state index in [1.165, 1.54) is 18.2 Å². The van der Waals surface area contributed by atoms with Gasteiger partial charge >= 0.3 is 6.03 Å². The van der Waals surface area contributed by atoms with Crippen molar-refractivity contribution in [2.24, 2.45) is 5.92 Å². The third-order valence-corrected chi connectivity index (χ3v) is 5.55. The van der Waals surface area contributed by atoms with E-state index in [4.69, 9.17) is 4.74 Å². The smallest absolute Gasteiger partial charge is 0.325 e. The molecule has 29 heavy (non-hydrogen) atoms. The van der Waals surface area contributed by atoms with Crippen molar-refractivity contribution >= 4 is 29.2 Å². The molecule has 1 aromatic carbocycles. The summed E-state index contributed by atoms with van der Waals surface area (Å²) in [4.78, 5) is 49.3. The number of hydrogen-bond donors (Lipinski definition) is 2. The molecule has 2 atom stereocenters. The van der Waals surface area contributed by atoms with Gasteiger partial charge in [-0.25, -0.2) is 4.79 Å². The number of rotatable bonds is 6. The summed E-state index contributed by atoms with van der Waals surface area (Å²) in [5, 5.41) is 16.5. The SMILES string of the molecule is CCOc1ccc(NC(=O)CN2C(=O)N[C@]3(CCCC[C@H]3C)C2=O)c([N+](=O)[O-])c1. The van der Waals surface area contributed by atoms with Gasteiger partial charge in [0.05, 0.1) is 17.6 Å². The summed E-state index contributed by atoms with van der Waals surface area (Å²) in [5.41, 5.74) is -1.32. The molecule has 2 fully saturated rings. The first kappa shape index (κ1) is 20.6. The zero-order valence-electron chi connectivity index (χ0n) is 16.4. The molecule has 3 rings (SSSR count). The quantitative estimate of drug-likeness (QED) is 0.425. The van der Waals surface area contributed by atoms with Crippen LogP contribution in [0.4, 0.5) is 16.2 Å². The van der Waals surface area contributed by atoms with E-state index in [-0.39, 0.29) is 17.3 Å². The number of hydrogen-bond acceptors (Lipinski definition) is 6. The lowest BCUT2D eigenvalue weighted by molar-refractivity contribution is -0.384. The Bertz CT molecular complexity index is 857. The maximum absolute atomic E-state index is 12.9. The number of carbonyl (C=O) groups is 3. The number of ether oxygens (including phenoxy) is 1. The number of imide groups is 1. The third-order valence-electron chi connectivity index (χ3n) is 5.55. The van der Waals surface area contributed by atoms with Crippen molar-refractivity contribution in [3.05, 3.63) is 28.3 Å². The summed E-state index contributed by atoms with van der Waals surface area (Å²) in [6.45, 7) is 3.50. The van der Waals surface area contributed by atoms with Gasteiger partial charge in [0.1, 0.15) is 23.5 Å². The highest BCUT2D eigenvalue weighted by molar-refractivity contribution is 6.10. The highest BCUT2D eigenvalue weighted by atomic mass is 16.6. The Morgan fingerprint density at radius 2 is 2.17 bits per heavy atom. The first-order valence-electron chi connectivity index (χ1n) is 9.63. The molecule has 1 aliphatic heterocycles. The van der Waals surface area contributed by atoms with Crippen molar-refractivity contribution in [2.45, 2.75) is 45.1 Å². The molecule has 1 spiro atoms. The molecule has 4 amide bonds. The Labute approximate surface area is 167 Å². The van der Waals surface area contributed by atoms with Gasteiger partial charge in [-0.3, -0.25) is 24.6 Å². The maximum atomic E-state index is 12.9. The van der Waals surface area contributed by atoms with Crippen LogP contribution in [0.25, 0.3) is 0 Å². The van der Waals surface area contributed by atoms with Crippen LogP contribution < -0.4 is 15.4 Å². The number of nitrogens with zero attached hydrogens (tertiary/aromatic N) is 2. The van der Waals surface area contributed by atoms with Crippen molar-refractivity contribution in [1.29, 1.82) is 0 Å². The molecule has 10 nitrogen and oxygen atoms in total. The lowest BCUT2D eigenvalue weighted by Gasteiger charge is -2.36. The van der Waals surface area contributed by atoms with Crippen molar-refractivity contribution in [3.8, 4) is 5.75 Å². The Morgan fingerprint density at radius 3 is 2.83 bits per heavy atom. The first-order valence-corrected chi connectivity index (χ1v) is 9.63. The largest absolute Gasteiger partial charge is 0.494 e. The molecule has 1 saturated carbocycles. The van der Waals surface area contributed by atoms with Gasteiger partial charge in [-0.1, -0.05) is 19.8 Å². The van der Waals surface area contributed by atoms with Gasteiger partial charge in [0.15, 0.2) is 0 Å². The minimum atomic E-state index is -0.958. The zero-order chi connectivity index (χ0) is 21.2. The number of nitro groups is 1. The molecule has 2 N–H and O–H groups in total. The van der Waals surface area contributed by atoms with E-state index in [0.29, 0.717) is 18.8 Å². The van der Waals surface area contributed by atoms with Crippen molar-refractivity contribution in [2.75, 3.05) is 18.5 Å². The Hall–Kier alpha value is -3.17. The van der Waals surface area contributed by atoms with E-state index in [0.717, 1.165) is 24.2 Å². The number of anilines is 1. The molecule has 156 valence electrons. The standard InChI is InChI=1S/C19H24N4O6/c1-3-29-13-7-8-14(15(10-13)23(27)28)20-16(24)11-22-17(25)19(21-18(22)26)9-5-4-6-12(19)2/h7-8,10,12H,3-6,9,11H2,1-2H3,(H,20,24)(H,21,26)/t12-,19+/m1/s1. The fourth-order valence-electron chi connectivity index (χ4n) is 4.00. The first-order chi connectivity index (χ1) is 13.8. The van der Waals surface area contributed by atoms with E-state index in [1.54, 1.807) is 6.92 Å². The van der Waals surface area contributed by atoms with Gasteiger partial charge in [0, 0.05) is 0 Å². The molecule has 1 saturated heterocycles. The topological polar surface area (TPSA) is 131 Å². The van der Waals surface area contributed by atoms with Crippen LogP contribution in [-0.2, 0) is 9.59 Å². The van der Waals surface area contributed by atoms with Crippen LogP contribution in [0.5, 0.6) is 5.75 Å². The monoisotopic (exact) mass is 404 g/mol. The van der Waals surface area contributed by atoms with Crippen LogP contribution in [0, 0.1) is 16.0 Å². The molecule has 2 aliphatic rings. The second-order valence-corrected chi connectivity index (χ2v) is 7.36. The molecule has 0 bridgehead atoms. The summed E-state index contributed by atoms with van der Waals surface area (Å²) in [6, 6.07) is 3.46. The number of urea groups is 1. The summed E-state index contributed by atoms with van der Waals surface area (Å²) in [5.74, 6) is -0.820. The van der Waals surface area contributed by atoms with Gasteiger partial charge in [-0.05, 0) is 37.8 Å². The fraction of sp³-hybridized carbons (Fsp3) is 0.526. The minimum Gasteiger partial charge on any atom is -0.494 e. The van der Waals surface area contributed by atoms with Crippen molar-refractivity contribution in [1.82, 2.24) is 10.2 Å². The van der Waals surface area contributed by atoms with Crippen LogP contribution >= 0.6 is 0 Å². The van der Waals surface area contributed by atoms with E-state index < -0.39 is 34.9 Å². The molecule has 0 unspecified atom stereocenters. The van der Waals surface area contributed by atoms with Gasteiger partial charge in [0.2, 0.25) is 5.91 Å². The predicted molar refractivity (Wildman–Crippen MR) is 104 cm³/mol. The zero-order valence-corrected chi connectivity index (χ0v) is 16.4. The Morgan fingerprint density at radius 1 is 1.41 bits per heavy atom. The van der Waals surface area contributed by atoms with E-state index in [2.05, 4.69) is 10.6 Å². The highest BCUT2D eigenvalue weighted by Crippen LogP contribution is 2.38. The minimum absolute atomic E-state index is 0.0204.